The topological polar surface area (TPSA) is 65.0 Å². The van der Waals surface area contributed by atoms with Crippen molar-refractivity contribution in [3.63, 3.8) is 0 Å². The van der Waals surface area contributed by atoms with Crippen LogP contribution < -0.4 is 9.47 Å². The smallest absolute Gasteiger partial charge is 0.330 e. The van der Waals surface area contributed by atoms with Crippen LogP contribution in [0, 0.1) is 0 Å². The first-order chi connectivity index (χ1) is 12.6. The molecule has 0 saturated carbocycles. The van der Waals surface area contributed by atoms with Gasteiger partial charge in [-0.1, -0.05) is 43.7 Å². The highest BCUT2D eigenvalue weighted by atomic mass is 16.5. The van der Waals surface area contributed by atoms with Gasteiger partial charge in [-0.3, -0.25) is 0 Å². The summed E-state index contributed by atoms with van der Waals surface area (Å²) in [5, 5.41) is 10.4. The Morgan fingerprint density at radius 2 is 1.92 bits per heavy atom. The van der Waals surface area contributed by atoms with E-state index in [0.29, 0.717) is 24.5 Å². The van der Waals surface area contributed by atoms with Gasteiger partial charge in [-0.15, -0.1) is 0 Å². The van der Waals surface area contributed by atoms with Crippen LogP contribution in [0.2, 0.25) is 0 Å². The Morgan fingerprint density at radius 1 is 1.15 bits per heavy atom. The summed E-state index contributed by atoms with van der Waals surface area (Å²) >= 11 is 0. The number of rotatable bonds is 9. The number of phenols is 1. The summed E-state index contributed by atoms with van der Waals surface area (Å²) < 4.78 is 16.1. The second kappa shape index (κ2) is 10.1. The van der Waals surface area contributed by atoms with Crippen LogP contribution in [-0.4, -0.2) is 24.8 Å². The molecule has 0 radical (unpaired) electrons. The molecule has 0 atom stereocenters. The first-order valence-corrected chi connectivity index (χ1v) is 8.56. The van der Waals surface area contributed by atoms with Crippen LogP contribution in [0.25, 0.3) is 6.08 Å². The number of aromatic hydroxyl groups is 1. The second-order valence-electron chi connectivity index (χ2n) is 5.69. The Labute approximate surface area is 153 Å². The lowest BCUT2D eigenvalue weighted by atomic mass is 10.1. The van der Waals surface area contributed by atoms with E-state index in [1.54, 1.807) is 12.1 Å². The highest BCUT2D eigenvalue weighted by Gasteiger charge is 2.12. The maximum Gasteiger partial charge on any atom is 0.330 e. The molecule has 5 heteroatoms. The molecule has 0 heterocycles. The Balaban J connectivity index is 2.24. The molecule has 2 rings (SSSR count). The highest BCUT2D eigenvalue weighted by Crippen LogP contribution is 2.36. The lowest BCUT2D eigenvalue weighted by Crippen LogP contribution is -2.00. The van der Waals surface area contributed by atoms with Gasteiger partial charge >= 0.3 is 5.97 Å². The van der Waals surface area contributed by atoms with Crippen molar-refractivity contribution in [3.05, 3.63) is 59.7 Å². The summed E-state index contributed by atoms with van der Waals surface area (Å²) in [4.78, 5) is 11.4. The summed E-state index contributed by atoms with van der Waals surface area (Å²) in [6.45, 7) is 2.93. The number of esters is 1. The molecule has 2 aromatic rings. The van der Waals surface area contributed by atoms with Crippen molar-refractivity contribution in [3.8, 4) is 17.2 Å². The van der Waals surface area contributed by atoms with Crippen molar-refractivity contribution >= 4 is 12.0 Å². The van der Waals surface area contributed by atoms with E-state index in [1.807, 2.05) is 30.3 Å². The first-order valence-electron chi connectivity index (χ1n) is 8.56. The maximum atomic E-state index is 11.4. The zero-order valence-electron chi connectivity index (χ0n) is 15.1. The van der Waals surface area contributed by atoms with Crippen LogP contribution in [0.3, 0.4) is 0 Å². The van der Waals surface area contributed by atoms with Gasteiger partial charge in [0, 0.05) is 17.7 Å². The molecule has 0 aliphatic heterocycles. The van der Waals surface area contributed by atoms with Gasteiger partial charge in [-0.05, 0) is 24.1 Å². The monoisotopic (exact) mass is 356 g/mol. The molecule has 0 fully saturated rings. The average Bonchev–Trinajstić information content (AvgIpc) is 2.66. The molecule has 0 spiro atoms. The maximum absolute atomic E-state index is 11.4. The lowest BCUT2D eigenvalue weighted by Gasteiger charge is -2.14. The molecule has 0 bridgehead atoms. The number of carbonyl (C=O) groups is 1. The van der Waals surface area contributed by atoms with E-state index in [9.17, 15) is 9.90 Å². The molecular weight excluding hydrogens is 332 g/mol. The molecule has 26 heavy (non-hydrogen) atoms. The Bertz CT molecular complexity index is 738. The molecule has 138 valence electrons. The number of ether oxygens (including phenoxy) is 3. The zero-order valence-corrected chi connectivity index (χ0v) is 15.1. The fourth-order valence-corrected chi connectivity index (χ4v) is 2.26. The fraction of sp³-hybridized carbons (Fsp3) is 0.286. The van der Waals surface area contributed by atoms with Gasteiger partial charge in [0.05, 0.1) is 13.7 Å². The van der Waals surface area contributed by atoms with Crippen molar-refractivity contribution < 1.29 is 24.1 Å². The minimum atomic E-state index is -0.490. The molecular formula is C21H24O5. The number of hydrogen-bond acceptors (Lipinski definition) is 5. The van der Waals surface area contributed by atoms with Crippen LogP contribution >= 0.6 is 0 Å². The third-order valence-corrected chi connectivity index (χ3v) is 3.66. The summed E-state index contributed by atoms with van der Waals surface area (Å²) in [6, 6.07) is 12.9. The largest absolute Gasteiger partial charge is 0.504 e. The molecule has 1 N–H and O–H groups in total. The molecule has 0 aliphatic carbocycles. The van der Waals surface area contributed by atoms with Crippen LogP contribution in [0.1, 0.15) is 30.9 Å². The van der Waals surface area contributed by atoms with Crippen LogP contribution in [0.4, 0.5) is 0 Å². The van der Waals surface area contributed by atoms with Gasteiger partial charge in [0.2, 0.25) is 0 Å². The molecule has 0 aromatic heterocycles. The standard InChI is InChI=1S/C21H24O5/c1-3-4-12-25-18-13-17(10-11-20(23)24-2)21(19(22)14-18)26-15-16-8-6-5-7-9-16/h5-11,13-14,22H,3-4,12,15H2,1-2H3. The minimum Gasteiger partial charge on any atom is -0.504 e. The number of hydrogen-bond donors (Lipinski definition) is 1. The zero-order chi connectivity index (χ0) is 18.8. The van der Waals surface area contributed by atoms with E-state index < -0.39 is 5.97 Å². The van der Waals surface area contributed by atoms with E-state index in [2.05, 4.69) is 11.7 Å². The van der Waals surface area contributed by atoms with Crippen molar-refractivity contribution in [1.82, 2.24) is 0 Å². The lowest BCUT2D eigenvalue weighted by molar-refractivity contribution is -0.134. The number of carbonyl (C=O) groups excluding carboxylic acids is 1. The molecule has 0 unspecified atom stereocenters. The summed E-state index contributed by atoms with van der Waals surface area (Å²) in [5.41, 5.74) is 1.51. The SMILES string of the molecule is CCCCOc1cc(O)c(OCc2ccccc2)c(C=CC(=O)OC)c1. The Hall–Kier alpha value is -2.95. The van der Waals surface area contributed by atoms with Crippen molar-refractivity contribution in [2.45, 2.75) is 26.4 Å². The molecule has 0 amide bonds. The molecule has 0 saturated heterocycles. The number of unbranched alkanes of at least 4 members (excludes halogenated alkanes) is 1. The quantitative estimate of drug-likeness (QED) is 0.411. The van der Waals surface area contributed by atoms with E-state index >= 15 is 0 Å². The number of phenolic OH excluding ortho intramolecular Hbond substituents is 1. The predicted octanol–water partition coefficient (Wildman–Crippen LogP) is 4.34. The van der Waals surface area contributed by atoms with Gasteiger partial charge in [0.25, 0.3) is 0 Å². The summed E-state index contributed by atoms with van der Waals surface area (Å²) in [7, 11) is 1.31. The second-order valence-corrected chi connectivity index (χ2v) is 5.69. The molecule has 0 aliphatic rings. The number of methoxy groups -OCH3 is 1. The van der Waals surface area contributed by atoms with Crippen molar-refractivity contribution in [2.24, 2.45) is 0 Å². The summed E-state index contributed by atoms with van der Waals surface area (Å²) in [6.07, 6.45) is 4.75. The average molecular weight is 356 g/mol. The van der Waals surface area contributed by atoms with E-state index in [4.69, 9.17) is 9.47 Å². The molecule has 2 aromatic carbocycles. The van der Waals surface area contributed by atoms with Gasteiger partial charge < -0.3 is 19.3 Å². The first kappa shape index (κ1) is 19.4. The van der Waals surface area contributed by atoms with Crippen LogP contribution in [0.15, 0.2) is 48.5 Å². The van der Waals surface area contributed by atoms with Gasteiger partial charge in [-0.2, -0.15) is 0 Å². The minimum absolute atomic E-state index is 0.0422. The summed E-state index contributed by atoms with van der Waals surface area (Å²) in [5.74, 6) is 0.277. The van der Waals surface area contributed by atoms with E-state index in [-0.39, 0.29) is 11.5 Å². The van der Waals surface area contributed by atoms with Crippen LogP contribution in [0.5, 0.6) is 17.2 Å². The normalized spacial score (nSPS) is 10.7. The molecule has 5 nitrogen and oxygen atoms in total. The fourth-order valence-electron chi connectivity index (χ4n) is 2.26. The van der Waals surface area contributed by atoms with Gasteiger partial charge in [-0.25, -0.2) is 4.79 Å². The third kappa shape index (κ3) is 5.84. The predicted molar refractivity (Wildman–Crippen MR) is 100 cm³/mol. The van der Waals surface area contributed by atoms with E-state index in [0.717, 1.165) is 18.4 Å². The Kier molecular flexibility index (Phi) is 7.55. The van der Waals surface area contributed by atoms with Gasteiger partial charge in [0.1, 0.15) is 12.4 Å². The van der Waals surface area contributed by atoms with Crippen molar-refractivity contribution in [1.29, 1.82) is 0 Å². The van der Waals surface area contributed by atoms with Crippen LogP contribution in [-0.2, 0) is 16.1 Å². The highest BCUT2D eigenvalue weighted by molar-refractivity contribution is 5.87. The number of benzene rings is 2. The Morgan fingerprint density at radius 3 is 2.62 bits per heavy atom. The third-order valence-electron chi connectivity index (χ3n) is 3.66. The van der Waals surface area contributed by atoms with Gasteiger partial charge in [0.15, 0.2) is 11.5 Å². The van der Waals surface area contributed by atoms with Crippen molar-refractivity contribution in [2.75, 3.05) is 13.7 Å². The van der Waals surface area contributed by atoms with E-state index in [1.165, 1.54) is 19.3 Å².